The van der Waals surface area contributed by atoms with Crippen molar-refractivity contribution >= 4 is 35.2 Å². The molecular formula is C27H32ClN3O4. The fourth-order valence-corrected chi connectivity index (χ4v) is 4.31. The van der Waals surface area contributed by atoms with Crippen LogP contribution in [0.2, 0.25) is 5.02 Å². The zero-order valence-electron chi connectivity index (χ0n) is 20.3. The molecular weight excluding hydrogens is 466 g/mol. The van der Waals surface area contributed by atoms with Crippen LogP contribution in [-0.2, 0) is 16.1 Å². The summed E-state index contributed by atoms with van der Waals surface area (Å²) in [6, 6.07) is 13.3. The van der Waals surface area contributed by atoms with Crippen molar-refractivity contribution in [3.05, 3.63) is 70.2 Å². The number of fused-ring (bicyclic) bond motifs is 1. The molecule has 0 saturated heterocycles. The molecule has 2 aromatic rings. The Hall–Kier alpha value is -3.19. The number of nitrogens with one attached hydrogen (secondary N) is 1. The van der Waals surface area contributed by atoms with Crippen LogP contribution < -0.4 is 5.32 Å². The van der Waals surface area contributed by atoms with Gasteiger partial charge in [-0.3, -0.25) is 24.1 Å². The standard InChI is InChI=1S/C27H32ClN3O4/c1-3-5-16-29-25(33)23(4-2)31(18-19-12-14-20(28)15-13-19)24(32)11-8-17-30-26(34)21-9-6-7-10-22(21)27(30)35/h6-7,9-10,12-15,23H,3-5,8,11,16-18H2,1-2H3,(H,29,33)/t23-/m0/s1. The van der Waals surface area contributed by atoms with Gasteiger partial charge in [0, 0.05) is 31.1 Å². The van der Waals surface area contributed by atoms with Crippen LogP contribution in [0.1, 0.15) is 72.2 Å². The lowest BCUT2D eigenvalue weighted by molar-refractivity contribution is -0.141. The highest BCUT2D eigenvalue weighted by Crippen LogP contribution is 2.23. The molecule has 1 heterocycles. The monoisotopic (exact) mass is 497 g/mol. The smallest absolute Gasteiger partial charge is 0.261 e. The number of nitrogens with zero attached hydrogens (tertiary/aromatic N) is 2. The van der Waals surface area contributed by atoms with E-state index in [9.17, 15) is 19.2 Å². The number of carbonyl (C=O) groups is 4. The van der Waals surface area contributed by atoms with Crippen molar-refractivity contribution in [3.63, 3.8) is 0 Å². The largest absolute Gasteiger partial charge is 0.354 e. The normalized spacial score (nSPS) is 13.5. The average Bonchev–Trinajstić information content (AvgIpc) is 3.10. The van der Waals surface area contributed by atoms with Gasteiger partial charge in [-0.1, -0.05) is 56.1 Å². The number of unbranched alkanes of at least 4 members (excludes halogenated alkanes) is 1. The SMILES string of the molecule is CCCCNC(=O)[C@H](CC)N(Cc1ccc(Cl)cc1)C(=O)CCCN1C(=O)c2ccccc2C1=O. The molecule has 4 amide bonds. The zero-order chi connectivity index (χ0) is 25.4. The number of benzene rings is 2. The molecule has 7 nitrogen and oxygen atoms in total. The Labute approximate surface area is 211 Å². The second-order valence-corrected chi connectivity index (χ2v) is 9.06. The molecule has 2 aromatic carbocycles. The summed E-state index contributed by atoms with van der Waals surface area (Å²) in [5, 5.41) is 3.53. The maximum atomic E-state index is 13.3. The second kappa shape index (κ2) is 12.5. The van der Waals surface area contributed by atoms with Gasteiger partial charge in [-0.2, -0.15) is 0 Å². The molecule has 0 unspecified atom stereocenters. The number of hydrogen-bond donors (Lipinski definition) is 1. The van der Waals surface area contributed by atoms with Crippen LogP contribution in [0.15, 0.2) is 48.5 Å². The molecule has 0 radical (unpaired) electrons. The number of imide groups is 1. The van der Waals surface area contributed by atoms with Crippen LogP contribution in [0, 0.1) is 0 Å². The Kier molecular flexibility index (Phi) is 9.43. The third kappa shape index (κ3) is 6.48. The fourth-order valence-electron chi connectivity index (χ4n) is 4.19. The van der Waals surface area contributed by atoms with Crippen LogP contribution in [0.25, 0.3) is 0 Å². The molecule has 35 heavy (non-hydrogen) atoms. The van der Waals surface area contributed by atoms with E-state index in [2.05, 4.69) is 5.32 Å². The van der Waals surface area contributed by atoms with E-state index in [-0.39, 0.29) is 43.1 Å². The molecule has 1 aliphatic heterocycles. The van der Waals surface area contributed by atoms with Crippen molar-refractivity contribution in [3.8, 4) is 0 Å². The Morgan fingerprint density at radius 1 is 0.971 bits per heavy atom. The van der Waals surface area contributed by atoms with Crippen molar-refractivity contribution in [2.75, 3.05) is 13.1 Å². The Balaban J connectivity index is 1.68. The van der Waals surface area contributed by atoms with Gasteiger partial charge < -0.3 is 10.2 Å². The van der Waals surface area contributed by atoms with Crippen LogP contribution in [0.3, 0.4) is 0 Å². The second-order valence-electron chi connectivity index (χ2n) is 8.63. The Morgan fingerprint density at radius 2 is 1.60 bits per heavy atom. The molecule has 1 aliphatic rings. The lowest BCUT2D eigenvalue weighted by atomic mass is 10.1. The molecule has 1 N–H and O–H groups in total. The van der Waals surface area contributed by atoms with Crippen molar-refractivity contribution < 1.29 is 19.2 Å². The minimum Gasteiger partial charge on any atom is -0.354 e. The Morgan fingerprint density at radius 3 is 2.17 bits per heavy atom. The Bertz CT molecular complexity index is 1040. The molecule has 0 bridgehead atoms. The quantitative estimate of drug-likeness (QED) is 0.347. The fraction of sp³-hybridized carbons (Fsp3) is 0.407. The van der Waals surface area contributed by atoms with E-state index in [4.69, 9.17) is 11.6 Å². The van der Waals surface area contributed by atoms with Gasteiger partial charge in [0.25, 0.3) is 11.8 Å². The number of carbonyl (C=O) groups excluding carboxylic acids is 4. The number of amides is 4. The summed E-state index contributed by atoms with van der Waals surface area (Å²) >= 11 is 6.01. The van der Waals surface area contributed by atoms with Gasteiger partial charge in [-0.05, 0) is 49.1 Å². The van der Waals surface area contributed by atoms with Gasteiger partial charge in [-0.25, -0.2) is 0 Å². The van der Waals surface area contributed by atoms with Crippen LogP contribution in [0.5, 0.6) is 0 Å². The summed E-state index contributed by atoms with van der Waals surface area (Å²) < 4.78 is 0. The van der Waals surface area contributed by atoms with Gasteiger partial charge in [0.1, 0.15) is 6.04 Å². The van der Waals surface area contributed by atoms with Gasteiger partial charge in [0.05, 0.1) is 11.1 Å². The molecule has 0 aromatic heterocycles. The van der Waals surface area contributed by atoms with Crippen molar-refractivity contribution in [1.82, 2.24) is 15.1 Å². The van der Waals surface area contributed by atoms with Crippen LogP contribution in [-0.4, -0.2) is 52.6 Å². The van der Waals surface area contributed by atoms with Gasteiger partial charge >= 0.3 is 0 Å². The lowest BCUT2D eigenvalue weighted by Crippen LogP contribution is -2.49. The zero-order valence-corrected chi connectivity index (χ0v) is 21.0. The molecule has 3 rings (SSSR count). The molecule has 0 fully saturated rings. The summed E-state index contributed by atoms with van der Waals surface area (Å²) in [7, 11) is 0. The summed E-state index contributed by atoms with van der Waals surface area (Å²) in [5.74, 6) is -1.05. The van der Waals surface area contributed by atoms with Crippen molar-refractivity contribution in [2.45, 2.75) is 58.5 Å². The minimum absolute atomic E-state index is 0.111. The molecule has 186 valence electrons. The molecule has 0 saturated carbocycles. The van der Waals surface area contributed by atoms with Gasteiger partial charge in [-0.15, -0.1) is 0 Å². The van der Waals surface area contributed by atoms with Crippen LogP contribution >= 0.6 is 11.6 Å². The average molecular weight is 498 g/mol. The first-order valence-electron chi connectivity index (χ1n) is 12.1. The maximum absolute atomic E-state index is 13.3. The number of rotatable bonds is 12. The highest BCUT2D eigenvalue weighted by Gasteiger charge is 2.35. The molecule has 0 spiro atoms. The molecule has 1 atom stereocenters. The van der Waals surface area contributed by atoms with E-state index in [0.29, 0.717) is 35.5 Å². The van der Waals surface area contributed by atoms with Gasteiger partial charge in [0.15, 0.2) is 0 Å². The predicted octanol–water partition coefficient (Wildman–Crippen LogP) is 4.44. The molecule has 8 heteroatoms. The molecule has 0 aliphatic carbocycles. The summed E-state index contributed by atoms with van der Waals surface area (Å²) in [4.78, 5) is 54.2. The lowest BCUT2D eigenvalue weighted by Gasteiger charge is -2.31. The first kappa shape index (κ1) is 26.4. The van der Waals surface area contributed by atoms with Gasteiger partial charge in [0.2, 0.25) is 11.8 Å². The topological polar surface area (TPSA) is 86.8 Å². The van der Waals surface area contributed by atoms with Crippen molar-refractivity contribution in [2.24, 2.45) is 0 Å². The van der Waals surface area contributed by atoms with E-state index in [0.717, 1.165) is 18.4 Å². The van der Waals surface area contributed by atoms with Crippen molar-refractivity contribution in [1.29, 1.82) is 0 Å². The summed E-state index contributed by atoms with van der Waals surface area (Å²) in [6.45, 7) is 4.91. The van der Waals surface area contributed by atoms with E-state index in [1.165, 1.54) is 4.90 Å². The third-order valence-electron chi connectivity index (χ3n) is 6.13. The van der Waals surface area contributed by atoms with E-state index < -0.39 is 6.04 Å². The van der Waals surface area contributed by atoms with E-state index in [1.54, 1.807) is 41.3 Å². The first-order chi connectivity index (χ1) is 16.9. The number of hydrogen-bond acceptors (Lipinski definition) is 4. The maximum Gasteiger partial charge on any atom is 0.261 e. The highest BCUT2D eigenvalue weighted by molar-refractivity contribution is 6.30. The van der Waals surface area contributed by atoms with E-state index in [1.807, 2.05) is 26.0 Å². The van der Waals surface area contributed by atoms with Crippen LogP contribution in [0.4, 0.5) is 0 Å². The third-order valence-corrected chi connectivity index (χ3v) is 6.38. The minimum atomic E-state index is -0.616. The predicted molar refractivity (Wildman–Crippen MR) is 135 cm³/mol. The summed E-state index contributed by atoms with van der Waals surface area (Å²) in [6.07, 6.45) is 2.72. The highest BCUT2D eigenvalue weighted by atomic mass is 35.5. The first-order valence-corrected chi connectivity index (χ1v) is 12.5. The van der Waals surface area contributed by atoms with E-state index >= 15 is 0 Å². The number of halogens is 1. The summed E-state index contributed by atoms with van der Waals surface area (Å²) in [5.41, 5.74) is 1.65.